The third-order valence-electron chi connectivity index (χ3n) is 1.96. The number of hydrogen-bond acceptors (Lipinski definition) is 1. The first-order valence-electron chi connectivity index (χ1n) is 3.96. The van der Waals surface area contributed by atoms with Crippen LogP contribution in [0.15, 0.2) is 0 Å². The fraction of sp³-hybridized carbons (Fsp3) is 0.875. The minimum atomic E-state index is 0.826. The van der Waals surface area contributed by atoms with Crippen LogP contribution in [0.4, 0.5) is 0 Å². The zero-order valence-corrected chi connectivity index (χ0v) is 6.03. The Morgan fingerprint density at radius 1 is 1.56 bits per heavy atom. The predicted molar refractivity (Wildman–Crippen MR) is 40.2 cm³/mol. The zero-order chi connectivity index (χ0) is 6.53. The summed E-state index contributed by atoms with van der Waals surface area (Å²) in [6, 6.07) is 0.826. The summed E-state index contributed by atoms with van der Waals surface area (Å²) in [5.41, 5.74) is 0. The maximum atomic E-state index is 3.82. The summed E-state index contributed by atoms with van der Waals surface area (Å²) < 4.78 is 0. The highest BCUT2D eigenvalue weighted by atomic mass is 14.9. The van der Waals surface area contributed by atoms with Crippen LogP contribution < -0.4 is 5.32 Å². The van der Waals surface area contributed by atoms with E-state index in [4.69, 9.17) is 0 Å². The van der Waals surface area contributed by atoms with E-state index < -0.39 is 0 Å². The van der Waals surface area contributed by atoms with E-state index in [1.54, 1.807) is 0 Å². The molecule has 1 radical (unpaired) electrons. The highest BCUT2D eigenvalue weighted by Gasteiger charge is 2.11. The van der Waals surface area contributed by atoms with Gasteiger partial charge in [-0.3, -0.25) is 0 Å². The normalized spacial score (nSPS) is 27.0. The van der Waals surface area contributed by atoms with Crippen LogP contribution >= 0.6 is 0 Å². The fourth-order valence-electron chi connectivity index (χ4n) is 1.39. The van der Waals surface area contributed by atoms with Gasteiger partial charge >= 0.3 is 0 Å². The molecular weight excluding hydrogens is 110 g/mol. The van der Waals surface area contributed by atoms with E-state index >= 15 is 0 Å². The van der Waals surface area contributed by atoms with Gasteiger partial charge in [0.05, 0.1) is 0 Å². The maximum absolute atomic E-state index is 3.82. The van der Waals surface area contributed by atoms with E-state index in [1.807, 2.05) is 0 Å². The average Bonchev–Trinajstić information content (AvgIpc) is 2.34. The number of unbranched alkanes of at least 4 members (excludes halogenated alkanes) is 1. The first kappa shape index (κ1) is 7.07. The molecule has 1 saturated heterocycles. The van der Waals surface area contributed by atoms with Gasteiger partial charge in [-0.05, 0) is 25.8 Å². The fourth-order valence-corrected chi connectivity index (χ4v) is 1.39. The summed E-state index contributed by atoms with van der Waals surface area (Å²) in [4.78, 5) is 0. The van der Waals surface area contributed by atoms with Crippen molar-refractivity contribution >= 4 is 0 Å². The Balaban J connectivity index is 1.98. The highest BCUT2D eigenvalue weighted by molar-refractivity contribution is 4.73. The first-order chi connectivity index (χ1) is 4.43. The summed E-state index contributed by atoms with van der Waals surface area (Å²) in [6.07, 6.45) is 6.49. The van der Waals surface area contributed by atoms with Gasteiger partial charge in [-0.1, -0.05) is 19.8 Å². The van der Waals surface area contributed by atoms with Crippen molar-refractivity contribution < 1.29 is 0 Å². The standard InChI is InChI=1S/C8H16N/c1-2-3-5-8-6-4-7-9-8/h8-9H,1-7H2. The molecule has 0 amide bonds. The first-order valence-corrected chi connectivity index (χ1v) is 3.96. The van der Waals surface area contributed by atoms with Gasteiger partial charge in [0.1, 0.15) is 0 Å². The van der Waals surface area contributed by atoms with Crippen molar-refractivity contribution in [1.82, 2.24) is 5.32 Å². The molecule has 1 rings (SSSR count). The minimum absolute atomic E-state index is 0.826. The summed E-state index contributed by atoms with van der Waals surface area (Å²) in [6.45, 7) is 5.06. The smallest absolute Gasteiger partial charge is 0.00675 e. The monoisotopic (exact) mass is 126 g/mol. The Morgan fingerprint density at radius 3 is 3.00 bits per heavy atom. The van der Waals surface area contributed by atoms with Crippen molar-refractivity contribution in [1.29, 1.82) is 0 Å². The molecule has 1 atom stereocenters. The van der Waals surface area contributed by atoms with Crippen molar-refractivity contribution in [2.45, 2.75) is 38.1 Å². The van der Waals surface area contributed by atoms with Gasteiger partial charge in [-0.15, -0.1) is 0 Å². The lowest BCUT2D eigenvalue weighted by molar-refractivity contribution is 0.539. The molecule has 0 aromatic carbocycles. The molecule has 1 aliphatic heterocycles. The largest absolute Gasteiger partial charge is 0.314 e. The SMILES string of the molecule is [CH2]CCCC1CCCN1. The van der Waals surface area contributed by atoms with Gasteiger partial charge < -0.3 is 5.32 Å². The predicted octanol–water partition coefficient (Wildman–Crippen LogP) is 1.74. The summed E-state index contributed by atoms with van der Waals surface area (Å²) in [5.74, 6) is 0. The molecular formula is C8H16N. The molecule has 1 fully saturated rings. The molecule has 0 bridgehead atoms. The highest BCUT2D eigenvalue weighted by Crippen LogP contribution is 2.10. The zero-order valence-electron chi connectivity index (χ0n) is 6.03. The maximum Gasteiger partial charge on any atom is 0.00675 e. The Kier molecular flexibility index (Phi) is 3.05. The lowest BCUT2D eigenvalue weighted by atomic mass is 10.1. The Hall–Kier alpha value is -0.0400. The topological polar surface area (TPSA) is 12.0 Å². The van der Waals surface area contributed by atoms with Gasteiger partial charge in [-0.25, -0.2) is 0 Å². The molecule has 1 nitrogen and oxygen atoms in total. The second kappa shape index (κ2) is 3.89. The van der Waals surface area contributed by atoms with Crippen LogP contribution in [-0.2, 0) is 0 Å². The van der Waals surface area contributed by atoms with Crippen molar-refractivity contribution in [2.24, 2.45) is 0 Å². The van der Waals surface area contributed by atoms with Crippen LogP contribution in [-0.4, -0.2) is 12.6 Å². The van der Waals surface area contributed by atoms with E-state index in [2.05, 4.69) is 12.2 Å². The van der Waals surface area contributed by atoms with Gasteiger partial charge in [0, 0.05) is 6.04 Å². The molecule has 9 heavy (non-hydrogen) atoms. The van der Waals surface area contributed by atoms with Gasteiger partial charge in [0.2, 0.25) is 0 Å². The van der Waals surface area contributed by atoms with Crippen LogP contribution in [0.3, 0.4) is 0 Å². The Labute approximate surface area is 57.8 Å². The van der Waals surface area contributed by atoms with Crippen molar-refractivity contribution in [3.63, 3.8) is 0 Å². The summed E-state index contributed by atoms with van der Waals surface area (Å²) in [7, 11) is 0. The molecule has 1 heterocycles. The van der Waals surface area contributed by atoms with Crippen LogP contribution in [0.1, 0.15) is 32.1 Å². The van der Waals surface area contributed by atoms with E-state index in [0.717, 1.165) is 12.5 Å². The molecule has 53 valence electrons. The van der Waals surface area contributed by atoms with Crippen LogP contribution in [0, 0.1) is 6.92 Å². The van der Waals surface area contributed by atoms with Crippen molar-refractivity contribution in [2.75, 3.05) is 6.54 Å². The van der Waals surface area contributed by atoms with E-state index in [0.29, 0.717) is 0 Å². The van der Waals surface area contributed by atoms with Gasteiger partial charge in [0.25, 0.3) is 0 Å². The second-order valence-electron chi connectivity index (χ2n) is 2.79. The van der Waals surface area contributed by atoms with E-state index in [1.165, 1.54) is 32.2 Å². The number of rotatable bonds is 3. The Morgan fingerprint density at radius 2 is 2.44 bits per heavy atom. The van der Waals surface area contributed by atoms with Crippen LogP contribution in [0.2, 0.25) is 0 Å². The lowest BCUT2D eigenvalue weighted by Gasteiger charge is -2.06. The third kappa shape index (κ3) is 2.35. The van der Waals surface area contributed by atoms with Crippen molar-refractivity contribution in [3.8, 4) is 0 Å². The molecule has 0 saturated carbocycles. The van der Waals surface area contributed by atoms with Crippen LogP contribution in [0.25, 0.3) is 0 Å². The molecule has 0 spiro atoms. The van der Waals surface area contributed by atoms with E-state index in [-0.39, 0.29) is 0 Å². The minimum Gasteiger partial charge on any atom is -0.314 e. The Bertz CT molecular complexity index is 65.0. The molecule has 0 aromatic rings. The average molecular weight is 126 g/mol. The van der Waals surface area contributed by atoms with Crippen molar-refractivity contribution in [3.05, 3.63) is 6.92 Å². The molecule has 1 heteroatoms. The number of hydrogen-bond donors (Lipinski definition) is 1. The third-order valence-corrected chi connectivity index (χ3v) is 1.96. The molecule has 0 aromatic heterocycles. The van der Waals surface area contributed by atoms with Gasteiger partial charge in [0.15, 0.2) is 0 Å². The van der Waals surface area contributed by atoms with Gasteiger partial charge in [-0.2, -0.15) is 0 Å². The molecule has 1 aliphatic rings. The number of nitrogens with one attached hydrogen (secondary N) is 1. The molecule has 1 N–H and O–H groups in total. The summed E-state index contributed by atoms with van der Waals surface area (Å²) in [5, 5.41) is 3.46. The second-order valence-corrected chi connectivity index (χ2v) is 2.79. The molecule has 1 unspecified atom stereocenters. The lowest BCUT2D eigenvalue weighted by Crippen LogP contribution is -2.20. The van der Waals surface area contributed by atoms with E-state index in [9.17, 15) is 0 Å². The van der Waals surface area contributed by atoms with Crippen LogP contribution in [0.5, 0.6) is 0 Å². The summed E-state index contributed by atoms with van der Waals surface area (Å²) >= 11 is 0. The quantitative estimate of drug-likeness (QED) is 0.607. The molecule has 0 aliphatic carbocycles.